The number of anilines is 1. The summed E-state index contributed by atoms with van der Waals surface area (Å²) in [5.41, 5.74) is 2.73. The van der Waals surface area contributed by atoms with Crippen LogP contribution in [0.15, 0.2) is 23.6 Å². The van der Waals surface area contributed by atoms with Crippen LogP contribution in [0.25, 0.3) is 0 Å². The molecule has 0 aliphatic rings. The Morgan fingerprint density at radius 3 is 2.58 bits per heavy atom. The summed E-state index contributed by atoms with van der Waals surface area (Å²) in [4.78, 5) is 27.5. The number of thiazole rings is 1. The van der Waals surface area contributed by atoms with Crippen molar-refractivity contribution in [3.8, 4) is 5.75 Å². The molecular formula is C17H20N2O4S. The van der Waals surface area contributed by atoms with E-state index in [0.29, 0.717) is 23.2 Å². The van der Waals surface area contributed by atoms with E-state index in [2.05, 4.69) is 10.3 Å². The Kier molecular flexibility index (Phi) is 6.31. The van der Waals surface area contributed by atoms with Gasteiger partial charge in [-0.05, 0) is 44.0 Å². The SMILES string of the molecule is CCOC(=O)Cc1csc(NC(=O)COc2cc(C)cc(C)c2)n1. The van der Waals surface area contributed by atoms with Crippen LogP contribution in [0.4, 0.5) is 5.13 Å². The molecule has 0 aliphatic heterocycles. The number of amides is 1. The van der Waals surface area contributed by atoms with E-state index in [9.17, 15) is 9.59 Å². The molecule has 0 fully saturated rings. The number of carbonyl (C=O) groups excluding carboxylic acids is 2. The molecule has 2 aromatic rings. The third kappa shape index (κ3) is 5.66. The fourth-order valence-corrected chi connectivity index (χ4v) is 2.85. The van der Waals surface area contributed by atoms with Crippen molar-refractivity contribution in [1.82, 2.24) is 4.98 Å². The lowest BCUT2D eigenvalue weighted by Crippen LogP contribution is -2.20. The summed E-state index contributed by atoms with van der Waals surface area (Å²) in [7, 11) is 0. The summed E-state index contributed by atoms with van der Waals surface area (Å²) >= 11 is 1.26. The van der Waals surface area contributed by atoms with Crippen LogP contribution >= 0.6 is 11.3 Å². The number of ether oxygens (including phenoxy) is 2. The van der Waals surface area contributed by atoms with Gasteiger partial charge in [0.05, 0.1) is 18.7 Å². The number of nitrogens with one attached hydrogen (secondary N) is 1. The lowest BCUT2D eigenvalue weighted by molar-refractivity contribution is -0.142. The second-order valence-corrected chi connectivity index (χ2v) is 6.14. The van der Waals surface area contributed by atoms with Crippen LogP contribution in [-0.2, 0) is 20.7 Å². The van der Waals surface area contributed by atoms with Crippen molar-refractivity contribution >= 4 is 28.3 Å². The molecule has 0 atom stereocenters. The third-order valence-electron chi connectivity index (χ3n) is 2.99. The zero-order valence-corrected chi connectivity index (χ0v) is 14.7. The summed E-state index contributed by atoms with van der Waals surface area (Å²) in [6.45, 7) is 5.93. The highest BCUT2D eigenvalue weighted by molar-refractivity contribution is 7.13. The van der Waals surface area contributed by atoms with E-state index in [1.54, 1.807) is 12.3 Å². The monoisotopic (exact) mass is 348 g/mol. The standard InChI is InChI=1S/C17H20N2O4S/c1-4-22-16(21)8-13-10-24-17(18-13)19-15(20)9-23-14-6-11(2)5-12(3)7-14/h5-7,10H,4,8-9H2,1-3H3,(H,18,19,20). The van der Waals surface area contributed by atoms with Gasteiger partial charge < -0.3 is 9.47 Å². The molecule has 128 valence electrons. The molecule has 0 saturated heterocycles. The summed E-state index contributed by atoms with van der Waals surface area (Å²) in [6.07, 6.45) is 0.0965. The highest BCUT2D eigenvalue weighted by Gasteiger charge is 2.11. The van der Waals surface area contributed by atoms with Crippen molar-refractivity contribution in [1.29, 1.82) is 0 Å². The maximum atomic E-state index is 11.9. The van der Waals surface area contributed by atoms with Crippen molar-refractivity contribution in [3.05, 3.63) is 40.4 Å². The molecule has 6 nitrogen and oxygen atoms in total. The molecule has 1 aromatic carbocycles. The predicted octanol–water partition coefficient (Wildman–Crippen LogP) is 2.88. The van der Waals surface area contributed by atoms with Gasteiger partial charge in [0.25, 0.3) is 5.91 Å². The molecule has 1 heterocycles. The van der Waals surface area contributed by atoms with Gasteiger partial charge in [-0.15, -0.1) is 11.3 Å². The Bertz CT molecular complexity index is 707. The van der Waals surface area contributed by atoms with Gasteiger partial charge in [-0.3, -0.25) is 14.9 Å². The lowest BCUT2D eigenvalue weighted by atomic mass is 10.1. The third-order valence-corrected chi connectivity index (χ3v) is 3.80. The van der Waals surface area contributed by atoms with Crippen LogP contribution in [0.5, 0.6) is 5.75 Å². The Morgan fingerprint density at radius 2 is 1.92 bits per heavy atom. The summed E-state index contributed by atoms with van der Waals surface area (Å²) in [5, 5.41) is 4.81. The zero-order chi connectivity index (χ0) is 17.5. The predicted molar refractivity (Wildman–Crippen MR) is 92.5 cm³/mol. The Balaban J connectivity index is 1.84. The average Bonchev–Trinajstić information content (AvgIpc) is 2.91. The largest absolute Gasteiger partial charge is 0.484 e. The first-order valence-corrected chi connectivity index (χ1v) is 8.45. The van der Waals surface area contributed by atoms with E-state index in [1.165, 1.54) is 11.3 Å². The molecule has 1 aromatic heterocycles. The van der Waals surface area contributed by atoms with Gasteiger partial charge in [0.1, 0.15) is 5.75 Å². The Morgan fingerprint density at radius 1 is 1.21 bits per heavy atom. The normalized spacial score (nSPS) is 10.3. The number of nitrogens with zero attached hydrogens (tertiary/aromatic N) is 1. The Labute approximate surface area is 144 Å². The number of aromatic nitrogens is 1. The molecule has 0 radical (unpaired) electrons. The van der Waals surface area contributed by atoms with E-state index in [4.69, 9.17) is 9.47 Å². The van der Waals surface area contributed by atoms with Crippen LogP contribution in [0.2, 0.25) is 0 Å². The first-order chi connectivity index (χ1) is 11.5. The fourth-order valence-electron chi connectivity index (χ4n) is 2.13. The molecule has 24 heavy (non-hydrogen) atoms. The van der Waals surface area contributed by atoms with Crippen molar-refractivity contribution in [2.45, 2.75) is 27.2 Å². The van der Waals surface area contributed by atoms with Crippen LogP contribution in [0, 0.1) is 13.8 Å². The van der Waals surface area contributed by atoms with Gasteiger partial charge in [-0.2, -0.15) is 0 Å². The van der Waals surface area contributed by atoms with Crippen molar-refractivity contribution in [2.75, 3.05) is 18.5 Å². The van der Waals surface area contributed by atoms with Crippen LogP contribution in [0.1, 0.15) is 23.7 Å². The first-order valence-electron chi connectivity index (χ1n) is 7.57. The number of hydrogen-bond acceptors (Lipinski definition) is 6. The number of esters is 1. The minimum atomic E-state index is -0.334. The number of aryl methyl sites for hydroxylation is 2. The molecule has 0 unspecified atom stereocenters. The molecule has 1 amide bonds. The molecular weight excluding hydrogens is 328 g/mol. The summed E-state index contributed by atoms with van der Waals surface area (Å²) < 4.78 is 10.4. The lowest BCUT2D eigenvalue weighted by Gasteiger charge is -2.07. The van der Waals surface area contributed by atoms with Gasteiger partial charge in [0.15, 0.2) is 11.7 Å². The highest BCUT2D eigenvalue weighted by Crippen LogP contribution is 2.18. The minimum absolute atomic E-state index is 0.0965. The molecule has 1 N–H and O–H groups in total. The maximum Gasteiger partial charge on any atom is 0.311 e. The van der Waals surface area contributed by atoms with Crippen molar-refractivity contribution in [2.24, 2.45) is 0 Å². The number of rotatable bonds is 7. The smallest absolute Gasteiger partial charge is 0.311 e. The molecule has 0 bridgehead atoms. The maximum absolute atomic E-state index is 11.9. The molecule has 0 saturated carbocycles. The number of benzene rings is 1. The quantitative estimate of drug-likeness (QED) is 0.779. The van der Waals surface area contributed by atoms with Gasteiger partial charge in [-0.25, -0.2) is 4.98 Å². The minimum Gasteiger partial charge on any atom is -0.484 e. The van der Waals surface area contributed by atoms with Crippen LogP contribution in [0.3, 0.4) is 0 Å². The van der Waals surface area contributed by atoms with E-state index in [-0.39, 0.29) is 24.9 Å². The number of carbonyl (C=O) groups is 2. The van der Waals surface area contributed by atoms with Crippen molar-refractivity contribution < 1.29 is 19.1 Å². The average molecular weight is 348 g/mol. The van der Waals surface area contributed by atoms with E-state index in [1.807, 2.05) is 32.0 Å². The van der Waals surface area contributed by atoms with E-state index < -0.39 is 0 Å². The topological polar surface area (TPSA) is 77.5 Å². The highest BCUT2D eigenvalue weighted by atomic mass is 32.1. The summed E-state index contributed by atoms with van der Waals surface area (Å²) in [6, 6.07) is 5.79. The van der Waals surface area contributed by atoms with E-state index in [0.717, 1.165) is 11.1 Å². The van der Waals surface area contributed by atoms with Gasteiger partial charge in [0.2, 0.25) is 0 Å². The summed E-state index contributed by atoms with van der Waals surface area (Å²) in [5.74, 6) is 0.0230. The van der Waals surface area contributed by atoms with E-state index >= 15 is 0 Å². The molecule has 7 heteroatoms. The van der Waals surface area contributed by atoms with Crippen LogP contribution < -0.4 is 10.1 Å². The fraction of sp³-hybridized carbons (Fsp3) is 0.353. The Hall–Kier alpha value is -2.41. The van der Waals surface area contributed by atoms with Gasteiger partial charge >= 0.3 is 5.97 Å². The molecule has 0 spiro atoms. The van der Waals surface area contributed by atoms with Crippen molar-refractivity contribution in [3.63, 3.8) is 0 Å². The van der Waals surface area contributed by atoms with Gasteiger partial charge in [0, 0.05) is 5.38 Å². The first kappa shape index (κ1) is 17.9. The number of hydrogen-bond donors (Lipinski definition) is 1. The zero-order valence-electron chi connectivity index (χ0n) is 13.9. The molecule has 2 rings (SSSR count). The second-order valence-electron chi connectivity index (χ2n) is 5.29. The second kappa shape index (κ2) is 8.44. The van der Waals surface area contributed by atoms with Gasteiger partial charge in [-0.1, -0.05) is 6.07 Å². The van der Waals surface area contributed by atoms with Crippen LogP contribution in [-0.4, -0.2) is 30.1 Å². The molecule has 0 aliphatic carbocycles.